The van der Waals surface area contributed by atoms with E-state index in [1.807, 2.05) is 14.1 Å². The molecule has 0 radical (unpaired) electrons. The number of rotatable bonds is 5. The number of aliphatic hydroxyl groups excluding tert-OH is 1. The van der Waals surface area contributed by atoms with Crippen LogP contribution >= 0.6 is 0 Å². The van der Waals surface area contributed by atoms with Crippen molar-refractivity contribution in [3.05, 3.63) is 29.8 Å². The van der Waals surface area contributed by atoms with Gasteiger partial charge in [-0.25, -0.2) is 0 Å². The molecule has 0 aliphatic carbocycles. The zero-order valence-corrected chi connectivity index (χ0v) is 9.48. The van der Waals surface area contributed by atoms with E-state index in [0.29, 0.717) is 6.54 Å². The minimum Gasteiger partial charge on any atom is -0.396 e. The van der Waals surface area contributed by atoms with Crippen LogP contribution in [0.3, 0.4) is 0 Å². The van der Waals surface area contributed by atoms with Gasteiger partial charge in [0.1, 0.15) is 0 Å². The molecule has 15 heavy (non-hydrogen) atoms. The first-order valence-corrected chi connectivity index (χ1v) is 5.27. The van der Waals surface area contributed by atoms with Crippen molar-refractivity contribution in [1.29, 1.82) is 0 Å². The Morgan fingerprint density at radius 3 is 2.27 bits per heavy atom. The van der Waals surface area contributed by atoms with Gasteiger partial charge in [-0.3, -0.25) is 0 Å². The van der Waals surface area contributed by atoms with E-state index >= 15 is 0 Å². The second-order valence-electron chi connectivity index (χ2n) is 3.93. The van der Waals surface area contributed by atoms with Gasteiger partial charge in [0.05, 0.1) is 0 Å². The van der Waals surface area contributed by atoms with E-state index in [0.717, 1.165) is 6.42 Å². The molecule has 0 aromatic heterocycles. The number of hydrogen-bond acceptors (Lipinski definition) is 3. The standard InChI is InChI=1S/C12H20N2O/c1-14(2)12-5-3-10(4-6-12)11(9-13)7-8-15/h3-6,11,15H,7-9,13H2,1-2H3. The number of nitrogens with two attached hydrogens (primary N) is 1. The Morgan fingerprint density at radius 2 is 1.87 bits per heavy atom. The summed E-state index contributed by atoms with van der Waals surface area (Å²) in [5, 5.41) is 8.91. The summed E-state index contributed by atoms with van der Waals surface area (Å²) in [5.74, 6) is 0.270. The SMILES string of the molecule is CN(C)c1ccc(C(CN)CCO)cc1. The van der Waals surface area contributed by atoms with Gasteiger partial charge in [-0.2, -0.15) is 0 Å². The van der Waals surface area contributed by atoms with Crippen LogP contribution in [0.4, 0.5) is 5.69 Å². The zero-order valence-electron chi connectivity index (χ0n) is 9.48. The Morgan fingerprint density at radius 1 is 1.27 bits per heavy atom. The third kappa shape index (κ3) is 3.22. The lowest BCUT2D eigenvalue weighted by molar-refractivity contribution is 0.276. The normalized spacial score (nSPS) is 12.5. The van der Waals surface area contributed by atoms with Crippen molar-refractivity contribution in [3.8, 4) is 0 Å². The van der Waals surface area contributed by atoms with Crippen LogP contribution in [-0.2, 0) is 0 Å². The number of anilines is 1. The highest BCUT2D eigenvalue weighted by atomic mass is 16.3. The largest absolute Gasteiger partial charge is 0.396 e. The van der Waals surface area contributed by atoms with Gasteiger partial charge < -0.3 is 15.7 Å². The first-order chi connectivity index (χ1) is 7.19. The highest BCUT2D eigenvalue weighted by Gasteiger charge is 2.08. The van der Waals surface area contributed by atoms with Gasteiger partial charge in [-0.05, 0) is 36.6 Å². The first-order valence-electron chi connectivity index (χ1n) is 5.27. The fourth-order valence-electron chi connectivity index (χ4n) is 1.62. The van der Waals surface area contributed by atoms with Gasteiger partial charge in [0.2, 0.25) is 0 Å². The summed E-state index contributed by atoms with van der Waals surface area (Å²) in [6, 6.07) is 8.33. The van der Waals surface area contributed by atoms with Gasteiger partial charge >= 0.3 is 0 Å². The maximum atomic E-state index is 8.91. The Bertz CT molecular complexity index is 282. The molecule has 0 fully saturated rings. The van der Waals surface area contributed by atoms with Crippen LogP contribution in [-0.4, -0.2) is 32.4 Å². The molecular weight excluding hydrogens is 188 g/mol. The quantitative estimate of drug-likeness (QED) is 0.764. The van der Waals surface area contributed by atoms with Gasteiger partial charge in [0.15, 0.2) is 0 Å². The van der Waals surface area contributed by atoms with E-state index in [1.54, 1.807) is 0 Å². The molecule has 0 spiro atoms. The average molecular weight is 208 g/mol. The molecule has 0 heterocycles. The summed E-state index contributed by atoms with van der Waals surface area (Å²) in [6.07, 6.45) is 0.734. The van der Waals surface area contributed by atoms with Crippen LogP contribution in [0, 0.1) is 0 Å². The molecule has 0 aliphatic heterocycles. The summed E-state index contributed by atoms with van der Waals surface area (Å²) in [7, 11) is 4.03. The maximum absolute atomic E-state index is 8.91. The summed E-state index contributed by atoms with van der Waals surface area (Å²) >= 11 is 0. The lowest BCUT2D eigenvalue weighted by Gasteiger charge is -2.16. The molecule has 0 aliphatic rings. The molecule has 3 N–H and O–H groups in total. The van der Waals surface area contributed by atoms with Gasteiger partial charge in [-0.1, -0.05) is 12.1 Å². The van der Waals surface area contributed by atoms with E-state index in [9.17, 15) is 0 Å². The highest BCUT2D eigenvalue weighted by molar-refractivity contribution is 5.46. The van der Waals surface area contributed by atoms with Crippen molar-refractivity contribution in [1.82, 2.24) is 0 Å². The van der Waals surface area contributed by atoms with E-state index < -0.39 is 0 Å². The fourth-order valence-corrected chi connectivity index (χ4v) is 1.62. The molecule has 3 nitrogen and oxygen atoms in total. The Balaban J connectivity index is 2.77. The second-order valence-corrected chi connectivity index (χ2v) is 3.93. The average Bonchev–Trinajstić information content (AvgIpc) is 2.26. The van der Waals surface area contributed by atoms with Crippen molar-refractivity contribution in [2.24, 2.45) is 5.73 Å². The lowest BCUT2D eigenvalue weighted by Crippen LogP contribution is -2.14. The molecule has 1 atom stereocenters. The predicted molar refractivity (Wildman–Crippen MR) is 64.3 cm³/mol. The summed E-state index contributed by atoms with van der Waals surface area (Å²) in [6.45, 7) is 0.777. The van der Waals surface area contributed by atoms with Crippen molar-refractivity contribution < 1.29 is 5.11 Å². The monoisotopic (exact) mass is 208 g/mol. The number of hydrogen-bond donors (Lipinski definition) is 2. The van der Waals surface area contributed by atoms with Gasteiger partial charge in [-0.15, -0.1) is 0 Å². The van der Waals surface area contributed by atoms with E-state index in [4.69, 9.17) is 10.8 Å². The van der Waals surface area contributed by atoms with Gasteiger partial charge in [0, 0.05) is 26.4 Å². The van der Waals surface area contributed by atoms with E-state index in [1.165, 1.54) is 11.3 Å². The molecule has 3 heteroatoms. The molecule has 84 valence electrons. The third-order valence-electron chi connectivity index (χ3n) is 2.64. The topological polar surface area (TPSA) is 49.5 Å². The molecular formula is C12H20N2O. The van der Waals surface area contributed by atoms with Crippen LogP contribution < -0.4 is 10.6 Å². The third-order valence-corrected chi connectivity index (χ3v) is 2.64. The van der Waals surface area contributed by atoms with Crippen LogP contribution in [0.1, 0.15) is 17.9 Å². The van der Waals surface area contributed by atoms with Crippen molar-refractivity contribution in [2.45, 2.75) is 12.3 Å². The van der Waals surface area contributed by atoms with Crippen molar-refractivity contribution >= 4 is 5.69 Å². The molecule has 1 rings (SSSR count). The van der Waals surface area contributed by atoms with Crippen LogP contribution in [0.25, 0.3) is 0 Å². The predicted octanol–water partition coefficient (Wildman–Crippen LogP) is 1.18. The molecule has 1 aromatic rings. The zero-order chi connectivity index (χ0) is 11.3. The van der Waals surface area contributed by atoms with Crippen molar-refractivity contribution in [3.63, 3.8) is 0 Å². The molecule has 0 bridgehead atoms. The number of nitrogens with zero attached hydrogens (tertiary/aromatic N) is 1. The molecule has 1 aromatic carbocycles. The number of aliphatic hydroxyl groups is 1. The summed E-state index contributed by atoms with van der Waals surface area (Å²) < 4.78 is 0. The van der Waals surface area contributed by atoms with E-state index in [-0.39, 0.29) is 12.5 Å². The smallest absolute Gasteiger partial charge is 0.0437 e. The van der Waals surface area contributed by atoms with Crippen molar-refractivity contribution in [2.75, 3.05) is 32.1 Å². The van der Waals surface area contributed by atoms with Crippen LogP contribution in [0.2, 0.25) is 0 Å². The summed E-state index contributed by atoms with van der Waals surface area (Å²) in [4.78, 5) is 2.06. The molecule has 0 amide bonds. The van der Waals surface area contributed by atoms with E-state index in [2.05, 4.69) is 29.2 Å². The Hall–Kier alpha value is -1.06. The molecule has 0 saturated carbocycles. The Kier molecular flexibility index (Phi) is 4.59. The summed E-state index contributed by atoms with van der Waals surface area (Å²) in [5.41, 5.74) is 8.05. The fraction of sp³-hybridized carbons (Fsp3) is 0.500. The highest BCUT2D eigenvalue weighted by Crippen LogP contribution is 2.21. The molecule has 0 saturated heterocycles. The molecule has 1 unspecified atom stereocenters. The van der Waals surface area contributed by atoms with Gasteiger partial charge in [0.25, 0.3) is 0 Å². The second kappa shape index (κ2) is 5.73. The number of benzene rings is 1. The van der Waals surface area contributed by atoms with Crippen LogP contribution in [0.5, 0.6) is 0 Å². The minimum atomic E-state index is 0.192. The maximum Gasteiger partial charge on any atom is 0.0437 e. The Labute approximate surface area is 91.5 Å². The lowest BCUT2D eigenvalue weighted by atomic mass is 9.96. The first kappa shape index (κ1) is 12.0. The van der Waals surface area contributed by atoms with Crippen LogP contribution in [0.15, 0.2) is 24.3 Å². The minimum absolute atomic E-state index is 0.192.